The molecule has 1 aromatic rings. The van der Waals surface area contributed by atoms with Crippen molar-refractivity contribution in [2.45, 2.75) is 68.3 Å². The molecule has 0 aromatic heterocycles. The van der Waals surface area contributed by atoms with E-state index in [9.17, 15) is 8.42 Å². The number of hydrogen-bond donors (Lipinski definition) is 3. The van der Waals surface area contributed by atoms with Crippen LogP contribution in [0.2, 0.25) is 0 Å². The second kappa shape index (κ2) is 11.0. The summed E-state index contributed by atoms with van der Waals surface area (Å²) in [5.74, 6) is 0.706. The monoisotopic (exact) mass is 540 g/mol. The number of benzene rings is 1. The molecule has 3 N–H and O–H groups in total. The normalized spacial score (nSPS) is 20.5. The first kappa shape index (κ1) is 25.5. The Balaban J connectivity index is 0.00000392. The zero-order valence-electron chi connectivity index (χ0n) is 17.3. The largest absolute Gasteiger partial charge is 0.354 e. The second-order valence-electron chi connectivity index (χ2n) is 7.90. The number of hydrogen-bond acceptors (Lipinski definition) is 4. The number of halogens is 1. The lowest BCUT2D eigenvalue weighted by Gasteiger charge is -2.22. The standard InChI is InChI=1S/C19H32N4O2S2.HI/c1-19(2,3)23-27(24,25)17-9-7-6-8-14(17)13-21-18(20-4)22-15-10-11-16(12-15)26-5;/h6-9,15-16,23H,10-13H2,1-5H3,(H2,20,21,22);1H. The Kier molecular flexibility index (Phi) is 10.1. The van der Waals surface area contributed by atoms with Crippen LogP contribution < -0.4 is 15.4 Å². The molecule has 1 fully saturated rings. The molecule has 0 saturated heterocycles. The van der Waals surface area contributed by atoms with Gasteiger partial charge in [0.2, 0.25) is 10.0 Å². The van der Waals surface area contributed by atoms with Gasteiger partial charge >= 0.3 is 0 Å². The molecule has 9 heteroatoms. The number of nitrogens with one attached hydrogen (secondary N) is 3. The molecular formula is C19H33IN4O2S2. The van der Waals surface area contributed by atoms with Crippen molar-refractivity contribution in [1.82, 2.24) is 15.4 Å². The summed E-state index contributed by atoms with van der Waals surface area (Å²) in [6.07, 6.45) is 5.63. The summed E-state index contributed by atoms with van der Waals surface area (Å²) in [5, 5.41) is 7.42. The second-order valence-corrected chi connectivity index (χ2v) is 10.7. The van der Waals surface area contributed by atoms with Crippen molar-refractivity contribution in [1.29, 1.82) is 0 Å². The fraction of sp³-hybridized carbons (Fsp3) is 0.632. The fourth-order valence-corrected chi connectivity index (χ4v) is 5.68. The molecular weight excluding hydrogens is 507 g/mol. The Hall–Kier alpha value is -0.520. The van der Waals surface area contributed by atoms with E-state index in [-0.39, 0.29) is 24.0 Å². The molecule has 160 valence electrons. The predicted octanol–water partition coefficient (Wildman–Crippen LogP) is 3.33. The fourth-order valence-electron chi connectivity index (χ4n) is 3.22. The van der Waals surface area contributed by atoms with Gasteiger partial charge in [-0.25, -0.2) is 13.1 Å². The van der Waals surface area contributed by atoms with Crippen LogP contribution in [0.25, 0.3) is 0 Å². The van der Waals surface area contributed by atoms with Crippen molar-refractivity contribution >= 4 is 51.7 Å². The minimum Gasteiger partial charge on any atom is -0.354 e. The molecule has 0 heterocycles. The van der Waals surface area contributed by atoms with E-state index < -0.39 is 15.6 Å². The Bertz CT molecular complexity index is 763. The van der Waals surface area contributed by atoms with Gasteiger partial charge in [-0.1, -0.05) is 18.2 Å². The minimum atomic E-state index is -3.59. The van der Waals surface area contributed by atoms with E-state index in [1.54, 1.807) is 19.2 Å². The molecule has 28 heavy (non-hydrogen) atoms. The number of guanidine groups is 1. The highest BCUT2D eigenvalue weighted by Crippen LogP contribution is 2.28. The van der Waals surface area contributed by atoms with Crippen LogP contribution in [-0.2, 0) is 16.6 Å². The third-order valence-electron chi connectivity index (χ3n) is 4.43. The van der Waals surface area contributed by atoms with Gasteiger partial charge in [0.25, 0.3) is 0 Å². The lowest BCUT2D eigenvalue weighted by atomic mass is 10.1. The van der Waals surface area contributed by atoms with Gasteiger partial charge in [-0.2, -0.15) is 11.8 Å². The molecule has 0 aliphatic heterocycles. The van der Waals surface area contributed by atoms with Gasteiger partial charge in [0.05, 0.1) is 4.90 Å². The van der Waals surface area contributed by atoms with E-state index in [0.717, 1.165) is 12.8 Å². The van der Waals surface area contributed by atoms with Crippen LogP contribution >= 0.6 is 35.7 Å². The van der Waals surface area contributed by atoms with Gasteiger partial charge in [0.1, 0.15) is 0 Å². The highest BCUT2D eigenvalue weighted by molar-refractivity contribution is 14.0. The average Bonchev–Trinajstić information content (AvgIpc) is 3.04. The van der Waals surface area contributed by atoms with Gasteiger partial charge in [-0.05, 0) is 57.9 Å². The van der Waals surface area contributed by atoms with Gasteiger partial charge in [0, 0.05) is 30.4 Å². The van der Waals surface area contributed by atoms with Crippen molar-refractivity contribution in [3.63, 3.8) is 0 Å². The lowest BCUT2D eigenvalue weighted by Crippen LogP contribution is -2.43. The van der Waals surface area contributed by atoms with E-state index in [0.29, 0.717) is 34.3 Å². The Morgan fingerprint density at radius 1 is 1.25 bits per heavy atom. The Morgan fingerprint density at radius 3 is 2.50 bits per heavy atom. The first-order valence-corrected chi connectivity index (χ1v) is 12.0. The SMILES string of the molecule is CN=C(NCc1ccccc1S(=O)(=O)NC(C)(C)C)NC1CCC(SC)C1.I. The molecule has 0 spiro atoms. The van der Waals surface area contributed by atoms with E-state index in [1.165, 1.54) is 6.42 Å². The van der Waals surface area contributed by atoms with Crippen LogP contribution in [0.3, 0.4) is 0 Å². The zero-order chi connectivity index (χ0) is 20.1. The maximum atomic E-state index is 12.7. The third kappa shape index (κ3) is 7.72. The third-order valence-corrected chi connectivity index (χ3v) is 7.38. The van der Waals surface area contributed by atoms with Gasteiger partial charge in [-0.3, -0.25) is 4.99 Å². The first-order chi connectivity index (χ1) is 12.6. The van der Waals surface area contributed by atoms with Crippen LogP contribution in [0.1, 0.15) is 45.6 Å². The van der Waals surface area contributed by atoms with Crippen LogP contribution in [0.4, 0.5) is 0 Å². The summed E-state index contributed by atoms with van der Waals surface area (Å²) in [7, 11) is -1.85. The summed E-state index contributed by atoms with van der Waals surface area (Å²) in [5.41, 5.74) is 0.179. The van der Waals surface area contributed by atoms with Crippen molar-refractivity contribution in [3.05, 3.63) is 29.8 Å². The molecule has 0 bridgehead atoms. The Labute approximate surface area is 191 Å². The van der Waals surface area contributed by atoms with Crippen LogP contribution in [0.5, 0.6) is 0 Å². The number of aliphatic imine (C=N–C) groups is 1. The molecule has 1 saturated carbocycles. The molecule has 2 unspecified atom stereocenters. The summed E-state index contributed by atoms with van der Waals surface area (Å²) < 4.78 is 28.2. The minimum absolute atomic E-state index is 0. The van der Waals surface area contributed by atoms with E-state index in [2.05, 4.69) is 26.6 Å². The average molecular weight is 541 g/mol. The summed E-state index contributed by atoms with van der Waals surface area (Å²) in [4.78, 5) is 4.59. The molecule has 0 amide bonds. The van der Waals surface area contributed by atoms with E-state index >= 15 is 0 Å². The van der Waals surface area contributed by atoms with E-state index in [4.69, 9.17) is 0 Å². The van der Waals surface area contributed by atoms with Gasteiger partial charge in [-0.15, -0.1) is 24.0 Å². The highest BCUT2D eigenvalue weighted by atomic mass is 127. The number of rotatable bonds is 6. The maximum absolute atomic E-state index is 12.7. The van der Waals surface area contributed by atoms with Gasteiger partial charge in [0.15, 0.2) is 5.96 Å². The summed E-state index contributed by atoms with van der Waals surface area (Å²) in [6.45, 7) is 5.89. The zero-order valence-corrected chi connectivity index (χ0v) is 21.2. The van der Waals surface area contributed by atoms with Crippen LogP contribution in [-0.4, -0.2) is 44.5 Å². The van der Waals surface area contributed by atoms with Crippen molar-refractivity contribution in [2.24, 2.45) is 4.99 Å². The molecule has 1 aliphatic carbocycles. The topological polar surface area (TPSA) is 82.6 Å². The van der Waals surface area contributed by atoms with Gasteiger partial charge < -0.3 is 10.6 Å². The molecule has 1 aliphatic rings. The van der Waals surface area contributed by atoms with Crippen molar-refractivity contribution in [2.75, 3.05) is 13.3 Å². The lowest BCUT2D eigenvalue weighted by molar-refractivity contribution is 0.491. The van der Waals surface area contributed by atoms with Crippen LogP contribution in [0, 0.1) is 0 Å². The summed E-state index contributed by atoms with van der Waals surface area (Å²) in [6, 6.07) is 7.48. The number of thioether (sulfide) groups is 1. The van der Waals surface area contributed by atoms with Crippen molar-refractivity contribution in [3.8, 4) is 0 Å². The number of sulfonamides is 1. The highest BCUT2D eigenvalue weighted by Gasteiger charge is 2.26. The summed E-state index contributed by atoms with van der Waals surface area (Å²) >= 11 is 1.92. The van der Waals surface area contributed by atoms with Crippen molar-refractivity contribution < 1.29 is 8.42 Å². The molecule has 2 rings (SSSR count). The molecule has 6 nitrogen and oxygen atoms in total. The Morgan fingerprint density at radius 2 is 1.93 bits per heavy atom. The quantitative estimate of drug-likeness (QED) is 0.293. The molecule has 2 atom stereocenters. The first-order valence-electron chi connectivity index (χ1n) is 9.26. The maximum Gasteiger partial charge on any atom is 0.241 e. The molecule has 1 aromatic carbocycles. The number of nitrogens with zero attached hydrogens (tertiary/aromatic N) is 1. The molecule has 0 radical (unpaired) electrons. The van der Waals surface area contributed by atoms with E-state index in [1.807, 2.05) is 44.7 Å². The predicted molar refractivity (Wildman–Crippen MR) is 130 cm³/mol. The smallest absolute Gasteiger partial charge is 0.241 e. The van der Waals surface area contributed by atoms with Crippen LogP contribution in [0.15, 0.2) is 34.2 Å².